The summed E-state index contributed by atoms with van der Waals surface area (Å²) in [4.78, 5) is 10.0. The van der Waals surface area contributed by atoms with E-state index in [1.165, 1.54) is 74.3 Å². The number of aryl methyl sites for hydroxylation is 16. The van der Waals surface area contributed by atoms with E-state index in [-0.39, 0.29) is 27.6 Å². The Labute approximate surface area is 468 Å². The minimum atomic E-state index is -4.23. The monoisotopic (exact) mass is 1110 g/mol. The number of nitro benzene ring substituents is 1. The summed E-state index contributed by atoms with van der Waals surface area (Å²) in [5.74, 6) is -1.56. The molecule has 0 saturated heterocycles. The maximum absolute atomic E-state index is 12.6. The zero-order chi connectivity index (χ0) is 61.4. The van der Waals surface area contributed by atoms with Crippen molar-refractivity contribution in [1.82, 2.24) is 4.57 Å². The number of alkyl halides is 3. The first-order chi connectivity index (χ1) is 37.1. The van der Waals surface area contributed by atoms with Gasteiger partial charge >= 0.3 is 6.18 Å². The van der Waals surface area contributed by atoms with Crippen LogP contribution in [0.15, 0.2) is 128 Å². The number of hydrogen-bond donors (Lipinski definition) is 0. The van der Waals surface area contributed by atoms with Gasteiger partial charge in [-0.1, -0.05) is 78.4 Å². The van der Waals surface area contributed by atoms with E-state index in [4.69, 9.17) is 10.00 Å². The van der Waals surface area contributed by atoms with Crippen molar-refractivity contribution >= 4 is 5.69 Å². The van der Waals surface area contributed by atoms with E-state index in [9.17, 15) is 45.2 Å². The fraction of sp³-hybridized carbons (Fsp3) is 0.288. The fourth-order valence-electron chi connectivity index (χ4n) is 6.83. The Morgan fingerprint density at radius 2 is 0.875 bits per heavy atom. The van der Waals surface area contributed by atoms with Crippen LogP contribution in [0.1, 0.15) is 100 Å². The lowest BCUT2D eigenvalue weighted by Gasteiger charge is -2.10. The molecule has 14 heteroatoms. The van der Waals surface area contributed by atoms with Gasteiger partial charge in [0.15, 0.2) is 11.6 Å². The first-order valence-electron chi connectivity index (χ1n) is 25.2. The topological polar surface area (TPSA) is 81.1 Å². The van der Waals surface area contributed by atoms with Crippen LogP contribution in [0, 0.1) is 161 Å². The average molecular weight is 1110 g/mol. The maximum Gasteiger partial charge on any atom is 0.416 e. The van der Waals surface area contributed by atoms with Crippen LogP contribution in [0.5, 0.6) is 5.75 Å². The highest BCUT2D eigenvalue weighted by molar-refractivity contribution is 5.42. The molecule has 0 aliphatic carbocycles. The number of hydrogen-bond acceptors (Lipinski definition) is 4. The van der Waals surface area contributed by atoms with Gasteiger partial charge in [-0.05, 0) is 220 Å². The lowest BCUT2D eigenvalue weighted by atomic mass is 10.1. The van der Waals surface area contributed by atoms with Crippen molar-refractivity contribution in [3.8, 4) is 11.8 Å². The molecule has 7 aromatic carbocycles. The zero-order valence-corrected chi connectivity index (χ0v) is 49.2. The summed E-state index contributed by atoms with van der Waals surface area (Å²) >= 11 is 0. The Kier molecular flexibility index (Phi) is 29.2. The normalized spacial score (nSPS) is 9.96. The summed E-state index contributed by atoms with van der Waals surface area (Å²) in [5.41, 5.74) is 13.3. The smallest absolute Gasteiger partial charge is 0.416 e. The zero-order valence-electron chi connectivity index (χ0n) is 49.2. The van der Waals surface area contributed by atoms with Crippen LogP contribution in [-0.4, -0.2) is 16.6 Å². The minimum absolute atomic E-state index is 0.0885. The van der Waals surface area contributed by atoms with Crippen LogP contribution in [0.4, 0.5) is 40.8 Å². The van der Waals surface area contributed by atoms with Gasteiger partial charge in [-0.2, -0.15) is 18.4 Å². The molecule has 1 aromatic heterocycles. The van der Waals surface area contributed by atoms with Crippen LogP contribution >= 0.6 is 0 Å². The predicted octanol–water partition coefficient (Wildman–Crippen LogP) is 19.3. The van der Waals surface area contributed by atoms with Gasteiger partial charge in [0.2, 0.25) is 0 Å². The van der Waals surface area contributed by atoms with E-state index in [1.807, 2.05) is 71.0 Å². The molecule has 0 aliphatic rings. The molecule has 80 heavy (non-hydrogen) atoms. The van der Waals surface area contributed by atoms with Crippen LogP contribution in [0.25, 0.3) is 0 Å². The molecule has 0 N–H and O–H groups in total. The molecule has 1 heterocycles. The van der Waals surface area contributed by atoms with Crippen molar-refractivity contribution in [2.45, 2.75) is 117 Å². The SMILES string of the molecule is COc1cc(C)ccc1C.Cc1cc(C)n(C)c1.Cc1cc(F)c(C)c(F)c1.Cc1ccc(C)c(C#N)c1.Cc1ccc(C)c(C(F)(F)F)c1.Cc1ccc(C)c(F)c1.Cc1ccc(C)c(F)c1F.Cc1ccc(C)c([N+](=O)[O-])c1. The lowest BCUT2D eigenvalue weighted by molar-refractivity contribution is -0.385. The second kappa shape index (κ2) is 33.4. The number of nitriles is 1. The van der Waals surface area contributed by atoms with Gasteiger partial charge in [-0.15, -0.1) is 0 Å². The minimum Gasteiger partial charge on any atom is -0.496 e. The van der Waals surface area contributed by atoms with Crippen LogP contribution < -0.4 is 4.74 Å². The maximum atomic E-state index is 12.6. The van der Waals surface area contributed by atoms with Crippen molar-refractivity contribution in [1.29, 1.82) is 5.26 Å². The Morgan fingerprint density at radius 3 is 1.23 bits per heavy atom. The van der Waals surface area contributed by atoms with Crippen molar-refractivity contribution in [2.24, 2.45) is 7.05 Å². The Morgan fingerprint density at radius 1 is 0.475 bits per heavy atom. The first kappa shape index (κ1) is 70.0. The van der Waals surface area contributed by atoms with Crippen molar-refractivity contribution in [3.05, 3.63) is 267 Å². The van der Waals surface area contributed by atoms with Gasteiger partial charge in [0.05, 0.1) is 29.2 Å². The molecule has 0 spiro atoms. The van der Waals surface area contributed by atoms with Crippen molar-refractivity contribution < 1.29 is 44.8 Å². The standard InChI is InChI=1S/C9H9F3.C9H9N.C9H12O.2C8H8F2.C8H9F.C8H9NO2.C7H11N/c1-6-3-4-7(2)8(5-6)9(10,11)12;1-7-3-4-8(2)9(5-7)6-10;1-7-4-5-8(2)9(6-7)10-3;1-5-3-7(9)6(2)8(10)4-5;1-5-3-4-6(2)8(10)7(5)9;1-6-3-4-7(2)8(9)5-6;1-6-3-4-7(2)8(5-6)9(10)11;1-6-4-7(2)8(3)5-6/h3-5H,1-2H3;3-5H,1-2H3;4-6H,1-3H3;2*3-4H,1-2H3;3-5H,1-2H3;3-5H,1-2H3;4-5H,1-3H3. The van der Waals surface area contributed by atoms with E-state index < -0.39 is 35.0 Å². The van der Waals surface area contributed by atoms with Gasteiger partial charge in [0.1, 0.15) is 23.2 Å². The number of nitro groups is 1. The van der Waals surface area contributed by atoms with Gasteiger partial charge < -0.3 is 9.30 Å². The third-order valence-electron chi connectivity index (χ3n) is 11.9. The summed E-state index contributed by atoms with van der Waals surface area (Å²) < 4.78 is 107. The Bertz CT molecular complexity index is 3270. The third kappa shape index (κ3) is 24.7. The molecule has 0 amide bonds. The molecule has 0 saturated carbocycles. The summed E-state index contributed by atoms with van der Waals surface area (Å²) in [7, 11) is 3.75. The van der Waals surface area contributed by atoms with E-state index in [0.29, 0.717) is 33.4 Å². The summed E-state index contributed by atoms with van der Waals surface area (Å²) in [6.07, 6.45) is -2.11. The van der Waals surface area contributed by atoms with Crippen LogP contribution in [0.3, 0.4) is 0 Å². The summed E-state index contributed by atoms with van der Waals surface area (Å²) in [6, 6.07) is 36.9. The Balaban J connectivity index is 0.000000458. The lowest BCUT2D eigenvalue weighted by Crippen LogP contribution is -2.07. The number of benzene rings is 7. The first-order valence-corrected chi connectivity index (χ1v) is 25.2. The molecule has 0 unspecified atom stereocenters. The van der Waals surface area contributed by atoms with Gasteiger partial charge in [0, 0.05) is 36.1 Å². The summed E-state index contributed by atoms with van der Waals surface area (Å²) in [6.45, 7) is 28.7. The van der Waals surface area contributed by atoms with E-state index in [0.717, 1.165) is 39.6 Å². The predicted molar refractivity (Wildman–Crippen MR) is 309 cm³/mol. The molecular formula is C66H75F8N3O3. The quantitative estimate of drug-likeness (QED) is 0.0981. The number of halogens is 8. The number of aromatic nitrogens is 1. The number of rotatable bonds is 2. The van der Waals surface area contributed by atoms with Crippen molar-refractivity contribution in [3.63, 3.8) is 0 Å². The van der Waals surface area contributed by atoms with Gasteiger partial charge in [0.25, 0.3) is 5.69 Å². The van der Waals surface area contributed by atoms with Gasteiger partial charge in [-0.3, -0.25) is 10.1 Å². The molecule has 0 fully saturated rings. The van der Waals surface area contributed by atoms with E-state index >= 15 is 0 Å². The molecule has 8 rings (SSSR count). The molecule has 0 radical (unpaired) electrons. The largest absolute Gasteiger partial charge is 0.496 e. The number of methoxy groups -OCH3 is 1. The van der Waals surface area contributed by atoms with Crippen molar-refractivity contribution in [2.75, 3.05) is 7.11 Å². The third-order valence-corrected chi connectivity index (χ3v) is 11.9. The highest BCUT2D eigenvalue weighted by Gasteiger charge is 2.32. The second-order valence-corrected chi connectivity index (χ2v) is 19.5. The molecule has 0 atom stereocenters. The Hall–Kier alpha value is -8.05. The molecule has 0 bridgehead atoms. The average Bonchev–Trinajstić information content (AvgIpc) is 3.69. The molecule has 8 aromatic rings. The molecule has 0 aliphatic heterocycles. The second-order valence-electron chi connectivity index (χ2n) is 19.5. The summed E-state index contributed by atoms with van der Waals surface area (Å²) in [5, 5.41) is 19.0. The number of nitrogens with zero attached hydrogens (tertiary/aromatic N) is 3. The molecular weight excluding hydrogens is 1030 g/mol. The molecule has 6 nitrogen and oxygen atoms in total. The van der Waals surface area contributed by atoms with Gasteiger partial charge in [-0.25, -0.2) is 22.0 Å². The van der Waals surface area contributed by atoms with E-state index in [1.54, 1.807) is 71.2 Å². The van der Waals surface area contributed by atoms with E-state index in [2.05, 4.69) is 62.9 Å². The highest BCUT2D eigenvalue weighted by atomic mass is 19.4. The highest BCUT2D eigenvalue weighted by Crippen LogP contribution is 2.32. The van der Waals surface area contributed by atoms with Crippen LogP contribution in [0.2, 0.25) is 0 Å². The fourth-order valence-corrected chi connectivity index (χ4v) is 6.83. The molecule has 428 valence electrons. The number of ether oxygens (including phenoxy) is 1. The van der Waals surface area contributed by atoms with Crippen LogP contribution in [-0.2, 0) is 13.2 Å².